The standard InChI is InChI=1S/C21H26ClN3O2S/c1-14(5-12-19(26)27)16-7-9-17(10-8-16)20-21(25(4)13-24-20)28-18(23-3)11-6-15(2)22/h6-11,13-15H,5,12H2,1-4H3,(H,26,27). The van der Waals surface area contributed by atoms with Gasteiger partial charge in [0.2, 0.25) is 0 Å². The van der Waals surface area contributed by atoms with Crippen LogP contribution in [-0.4, -0.2) is 38.1 Å². The summed E-state index contributed by atoms with van der Waals surface area (Å²) in [7, 11) is 3.72. The van der Waals surface area contributed by atoms with Crippen molar-refractivity contribution in [3.05, 3.63) is 48.3 Å². The zero-order valence-corrected chi connectivity index (χ0v) is 18.2. The quantitative estimate of drug-likeness (QED) is 0.270. The Morgan fingerprint density at radius 3 is 2.61 bits per heavy atom. The number of alkyl halides is 1. The van der Waals surface area contributed by atoms with Gasteiger partial charge in [0.15, 0.2) is 0 Å². The molecule has 0 aliphatic carbocycles. The molecular weight excluding hydrogens is 394 g/mol. The number of carboxylic acids is 1. The number of thioether (sulfide) groups is 1. The SMILES string of the molecule is CN=C(C=CC(C)Cl)Sc1c(-c2ccc(C(C)CCC(=O)O)cc2)ncn1C. The van der Waals surface area contributed by atoms with Gasteiger partial charge in [0.1, 0.15) is 10.7 Å². The van der Waals surface area contributed by atoms with Crippen molar-refractivity contribution in [2.45, 2.75) is 43.0 Å². The number of aliphatic imine (C=N–C) groups is 1. The van der Waals surface area contributed by atoms with E-state index in [1.165, 1.54) is 0 Å². The largest absolute Gasteiger partial charge is 0.481 e. The van der Waals surface area contributed by atoms with Gasteiger partial charge >= 0.3 is 5.97 Å². The predicted octanol–water partition coefficient (Wildman–Crippen LogP) is 5.36. The number of aromatic nitrogens is 2. The predicted molar refractivity (Wildman–Crippen MR) is 118 cm³/mol. The van der Waals surface area contributed by atoms with Gasteiger partial charge in [-0.1, -0.05) is 49.0 Å². The normalized spacial score (nSPS) is 14.4. The third-order valence-electron chi connectivity index (χ3n) is 4.35. The second kappa shape index (κ2) is 10.5. The number of nitrogens with zero attached hydrogens (tertiary/aromatic N) is 3. The van der Waals surface area contributed by atoms with Crippen LogP contribution in [0.1, 0.15) is 38.2 Å². The molecule has 2 unspecified atom stereocenters. The van der Waals surface area contributed by atoms with Gasteiger partial charge in [-0.15, -0.1) is 11.6 Å². The molecule has 0 saturated heterocycles. The van der Waals surface area contributed by atoms with Gasteiger partial charge in [-0.25, -0.2) is 4.98 Å². The topological polar surface area (TPSA) is 67.5 Å². The molecule has 0 fully saturated rings. The summed E-state index contributed by atoms with van der Waals surface area (Å²) in [5, 5.41) is 10.7. The summed E-state index contributed by atoms with van der Waals surface area (Å²) in [5.74, 6) is -0.561. The van der Waals surface area contributed by atoms with Crippen molar-refractivity contribution in [2.75, 3.05) is 7.05 Å². The lowest BCUT2D eigenvalue weighted by Gasteiger charge is -2.11. The van der Waals surface area contributed by atoms with Crippen LogP contribution in [-0.2, 0) is 11.8 Å². The fourth-order valence-corrected chi connectivity index (χ4v) is 3.65. The van der Waals surface area contributed by atoms with Gasteiger partial charge < -0.3 is 9.67 Å². The molecule has 150 valence electrons. The summed E-state index contributed by atoms with van der Waals surface area (Å²) in [6.45, 7) is 3.96. The lowest BCUT2D eigenvalue weighted by atomic mass is 9.95. The molecule has 1 aromatic carbocycles. The Morgan fingerprint density at radius 2 is 2.04 bits per heavy atom. The molecule has 1 heterocycles. The van der Waals surface area contributed by atoms with Gasteiger partial charge in [0.25, 0.3) is 0 Å². The molecule has 0 bridgehead atoms. The second-order valence-electron chi connectivity index (χ2n) is 6.67. The molecule has 2 aromatic rings. The molecule has 0 amide bonds. The van der Waals surface area contributed by atoms with Crippen LogP contribution in [0.2, 0.25) is 0 Å². The van der Waals surface area contributed by atoms with Crippen molar-refractivity contribution in [2.24, 2.45) is 12.0 Å². The molecule has 0 saturated carbocycles. The molecule has 0 aliphatic rings. The Labute approximate surface area is 175 Å². The Balaban J connectivity index is 2.21. The van der Waals surface area contributed by atoms with E-state index in [0.717, 1.165) is 26.9 Å². The van der Waals surface area contributed by atoms with E-state index in [1.54, 1.807) is 25.1 Å². The molecule has 7 heteroatoms. The van der Waals surface area contributed by atoms with Crippen molar-refractivity contribution in [3.63, 3.8) is 0 Å². The number of benzene rings is 1. The highest BCUT2D eigenvalue weighted by atomic mass is 35.5. The number of carbonyl (C=O) groups is 1. The molecular formula is C21H26ClN3O2S. The molecule has 0 radical (unpaired) electrons. The zero-order chi connectivity index (χ0) is 20.7. The monoisotopic (exact) mass is 419 g/mol. The number of imidazole rings is 1. The van der Waals surface area contributed by atoms with Gasteiger partial charge in [0.05, 0.1) is 11.4 Å². The van der Waals surface area contributed by atoms with E-state index in [4.69, 9.17) is 16.7 Å². The average molecular weight is 420 g/mol. The average Bonchev–Trinajstić information content (AvgIpc) is 3.03. The van der Waals surface area contributed by atoms with Gasteiger partial charge in [0, 0.05) is 31.5 Å². The molecule has 0 spiro atoms. The Kier molecular flexibility index (Phi) is 8.33. The van der Waals surface area contributed by atoms with Gasteiger partial charge in [-0.05, 0) is 30.9 Å². The number of halogens is 1. The first-order valence-electron chi connectivity index (χ1n) is 9.12. The third-order valence-corrected chi connectivity index (χ3v) is 5.70. The van der Waals surface area contributed by atoms with Crippen molar-refractivity contribution < 1.29 is 9.90 Å². The Hall–Kier alpha value is -2.05. The first-order valence-corrected chi connectivity index (χ1v) is 10.4. The summed E-state index contributed by atoms with van der Waals surface area (Å²) in [4.78, 5) is 19.7. The first-order chi connectivity index (χ1) is 13.3. The number of allylic oxidation sites excluding steroid dienone is 1. The van der Waals surface area contributed by atoms with Crippen LogP contribution in [0, 0.1) is 0 Å². The second-order valence-corrected chi connectivity index (χ2v) is 8.36. The van der Waals surface area contributed by atoms with E-state index in [0.29, 0.717) is 6.42 Å². The van der Waals surface area contributed by atoms with Crippen molar-refractivity contribution in [1.29, 1.82) is 0 Å². The minimum absolute atomic E-state index is 0.0565. The molecule has 2 atom stereocenters. The smallest absolute Gasteiger partial charge is 0.303 e. The molecule has 1 aromatic heterocycles. The van der Waals surface area contributed by atoms with Crippen molar-refractivity contribution >= 4 is 34.4 Å². The highest BCUT2D eigenvalue weighted by molar-refractivity contribution is 8.14. The molecule has 2 rings (SSSR count). The maximum Gasteiger partial charge on any atom is 0.303 e. The number of rotatable bonds is 8. The van der Waals surface area contributed by atoms with Crippen LogP contribution < -0.4 is 0 Å². The Bertz CT molecular complexity index is 857. The number of hydrogen-bond donors (Lipinski definition) is 1. The van der Waals surface area contributed by atoms with Gasteiger partial charge in [-0.3, -0.25) is 9.79 Å². The molecule has 1 N–H and O–H groups in total. The molecule has 28 heavy (non-hydrogen) atoms. The van der Waals surface area contributed by atoms with E-state index in [1.807, 2.05) is 49.7 Å². The fourth-order valence-electron chi connectivity index (χ4n) is 2.68. The third kappa shape index (κ3) is 6.24. The van der Waals surface area contributed by atoms with E-state index in [2.05, 4.69) is 22.1 Å². The van der Waals surface area contributed by atoms with Crippen LogP contribution in [0.15, 0.2) is 52.8 Å². The number of aryl methyl sites for hydroxylation is 1. The first kappa shape index (κ1) is 22.2. The number of aliphatic carboxylic acids is 1. The van der Waals surface area contributed by atoms with E-state index in [9.17, 15) is 4.79 Å². The highest BCUT2D eigenvalue weighted by Gasteiger charge is 2.15. The lowest BCUT2D eigenvalue weighted by Crippen LogP contribution is -2.00. The van der Waals surface area contributed by atoms with E-state index >= 15 is 0 Å². The van der Waals surface area contributed by atoms with Crippen LogP contribution in [0.25, 0.3) is 11.3 Å². The van der Waals surface area contributed by atoms with Crippen LogP contribution >= 0.6 is 23.4 Å². The minimum atomic E-state index is -0.760. The summed E-state index contributed by atoms with van der Waals surface area (Å²) < 4.78 is 1.98. The highest BCUT2D eigenvalue weighted by Crippen LogP contribution is 2.32. The van der Waals surface area contributed by atoms with Crippen molar-refractivity contribution in [3.8, 4) is 11.3 Å². The maximum absolute atomic E-state index is 10.8. The zero-order valence-electron chi connectivity index (χ0n) is 16.6. The summed E-state index contributed by atoms with van der Waals surface area (Å²) in [5.41, 5.74) is 3.04. The summed E-state index contributed by atoms with van der Waals surface area (Å²) >= 11 is 7.54. The summed E-state index contributed by atoms with van der Waals surface area (Å²) in [6, 6.07) is 8.18. The van der Waals surface area contributed by atoms with E-state index < -0.39 is 5.97 Å². The maximum atomic E-state index is 10.8. The Morgan fingerprint density at radius 1 is 1.36 bits per heavy atom. The summed E-state index contributed by atoms with van der Waals surface area (Å²) in [6.07, 6.45) is 6.42. The lowest BCUT2D eigenvalue weighted by molar-refractivity contribution is -0.137. The fraction of sp³-hybridized carbons (Fsp3) is 0.381. The van der Waals surface area contributed by atoms with Gasteiger partial charge in [-0.2, -0.15) is 0 Å². The van der Waals surface area contributed by atoms with Crippen LogP contribution in [0.4, 0.5) is 0 Å². The number of hydrogen-bond acceptors (Lipinski definition) is 4. The molecule has 0 aliphatic heterocycles. The number of carboxylic acid groups (broad SMARTS) is 1. The van der Waals surface area contributed by atoms with Crippen molar-refractivity contribution in [1.82, 2.24) is 9.55 Å². The van der Waals surface area contributed by atoms with E-state index in [-0.39, 0.29) is 17.7 Å². The minimum Gasteiger partial charge on any atom is -0.481 e. The van der Waals surface area contributed by atoms with Crippen LogP contribution in [0.5, 0.6) is 0 Å². The van der Waals surface area contributed by atoms with Crippen LogP contribution in [0.3, 0.4) is 0 Å². The molecule has 5 nitrogen and oxygen atoms in total.